The lowest BCUT2D eigenvalue weighted by atomic mass is 9.86. The highest BCUT2D eigenvalue weighted by Gasteiger charge is 2.61. The molecule has 4 heterocycles. The van der Waals surface area contributed by atoms with Crippen LogP contribution < -0.4 is 0 Å². The maximum Gasteiger partial charge on any atom is 0.308 e. The molecule has 9 heteroatoms. The molecule has 0 saturated carbocycles. The third kappa shape index (κ3) is 4.70. The molecule has 1 N–H and O–H groups in total. The Morgan fingerprint density at radius 2 is 1.61 bits per heavy atom. The molecule has 4 fully saturated rings. The molecule has 0 spiro atoms. The summed E-state index contributed by atoms with van der Waals surface area (Å²) in [5.74, 6) is -1.72. The lowest BCUT2D eigenvalue weighted by Crippen LogP contribution is -2.63. The number of carbonyl (C=O) groups excluding carboxylic acids is 1. The Morgan fingerprint density at radius 3 is 2.21 bits per heavy atom. The number of rotatable bonds is 8. The van der Waals surface area contributed by atoms with Crippen LogP contribution in [-0.2, 0) is 38.0 Å². The minimum atomic E-state index is -0.931. The first-order valence-corrected chi connectivity index (χ1v) is 12.6. The van der Waals surface area contributed by atoms with Gasteiger partial charge >= 0.3 is 5.97 Å². The summed E-state index contributed by atoms with van der Waals surface area (Å²) in [6, 6.07) is 0. The highest BCUT2D eigenvalue weighted by molar-refractivity contribution is 5.69. The van der Waals surface area contributed by atoms with Crippen molar-refractivity contribution in [3.8, 4) is 0 Å². The number of esters is 1. The monoisotopic (exact) mass is 472 g/mol. The predicted octanol–water partition coefficient (Wildman–Crippen LogP) is 2.46. The van der Waals surface area contributed by atoms with Gasteiger partial charge in [0.1, 0.15) is 36.6 Å². The summed E-state index contributed by atoms with van der Waals surface area (Å²) in [5, 5.41) is 11.4. The van der Waals surface area contributed by atoms with Crippen LogP contribution in [0, 0.1) is 0 Å². The second-order valence-corrected chi connectivity index (χ2v) is 9.58. The molecule has 0 bridgehead atoms. The maximum absolute atomic E-state index is 11.8. The van der Waals surface area contributed by atoms with E-state index in [2.05, 4.69) is 0 Å². The molecule has 4 aliphatic heterocycles. The molecular formula is C24H40O9. The number of aliphatic hydroxyl groups excluding tert-OH is 1. The Labute approximate surface area is 196 Å². The average Bonchev–Trinajstić information content (AvgIpc) is 3.46. The third-order valence-corrected chi connectivity index (χ3v) is 7.87. The van der Waals surface area contributed by atoms with E-state index in [-0.39, 0.29) is 30.7 Å². The number of ether oxygens (including phenoxy) is 7. The van der Waals surface area contributed by atoms with Crippen LogP contribution in [0.5, 0.6) is 0 Å². The summed E-state index contributed by atoms with van der Waals surface area (Å²) < 4.78 is 42.7. The quantitative estimate of drug-likeness (QED) is 0.534. The number of methoxy groups -OCH3 is 1. The lowest BCUT2D eigenvalue weighted by molar-refractivity contribution is -0.265. The van der Waals surface area contributed by atoms with Crippen molar-refractivity contribution in [2.24, 2.45) is 0 Å². The Hall–Kier alpha value is -0.810. The fourth-order valence-electron chi connectivity index (χ4n) is 5.63. The molecule has 0 aromatic heterocycles. The van der Waals surface area contributed by atoms with Gasteiger partial charge in [-0.15, -0.1) is 0 Å². The number of aliphatic hydroxyl groups is 1. The molecule has 190 valence electrons. The summed E-state index contributed by atoms with van der Waals surface area (Å²) in [6.45, 7) is 8.39. The minimum Gasteiger partial charge on any atom is -0.469 e. The Morgan fingerprint density at radius 1 is 0.939 bits per heavy atom. The van der Waals surface area contributed by atoms with Crippen LogP contribution in [-0.4, -0.2) is 85.2 Å². The normalized spacial score (nSPS) is 40.1. The summed E-state index contributed by atoms with van der Waals surface area (Å²) in [4.78, 5) is 11.8. The van der Waals surface area contributed by atoms with Crippen molar-refractivity contribution in [3.05, 3.63) is 0 Å². The van der Waals surface area contributed by atoms with Crippen molar-refractivity contribution >= 4 is 5.97 Å². The molecule has 0 aromatic rings. The molecule has 0 radical (unpaired) electrons. The maximum atomic E-state index is 11.8. The van der Waals surface area contributed by atoms with Crippen LogP contribution in [0.4, 0.5) is 0 Å². The van der Waals surface area contributed by atoms with E-state index >= 15 is 0 Å². The van der Waals surface area contributed by atoms with E-state index in [1.807, 2.05) is 27.7 Å². The van der Waals surface area contributed by atoms with Crippen molar-refractivity contribution < 1.29 is 43.1 Å². The summed E-state index contributed by atoms with van der Waals surface area (Å²) in [6.07, 6.45) is 0.411. The first-order chi connectivity index (χ1) is 15.8. The lowest BCUT2D eigenvalue weighted by Gasteiger charge is -2.47. The van der Waals surface area contributed by atoms with Gasteiger partial charge in [0.2, 0.25) is 0 Å². The van der Waals surface area contributed by atoms with Crippen LogP contribution in [0.2, 0.25) is 0 Å². The smallest absolute Gasteiger partial charge is 0.308 e. The van der Waals surface area contributed by atoms with Crippen molar-refractivity contribution in [2.75, 3.05) is 13.7 Å². The van der Waals surface area contributed by atoms with Crippen LogP contribution in [0.1, 0.15) is 72.6 Å². The van der Waals surface area contributed by atoms with Crippen molar-refractivity contribution in [3.63, 3.8) is 0 Å². The number of hydrogen-bond donors (Lipinski definition) is 1. The predicted molar refractivity (Wildman–Crippen MR) is 116 cm³/mol. The van der Waals surface area contributed by atoms with Crippen LogP contribution in [0.25, 0.3) is 0 Å². The largest absolute Gasteiger partial charge is 0.469 e. The van der Waals surface area contributed by atoms with E-state index < -0.39 is 42.1 Å². The van der Waals surface area contributed by atoms with Gasteiger partial charge < -0.3 is 38.3 Å². The molecule has 9 nitrogen and oxygen atoms in total. The van der Waals surface area contributed by atoms with Crippen LogP contribution in [0.15, 0.2) is 0 Å². The number of fused-ring (bicyclic) bond motifs is 3. The summed E-state index contributed by atoms with van der Waals surface area (Å²) in [7, 11) is 1.38. The molecule has 8 atom stereocenters. The minimum absolute atomic E-state index is 0.195. The highest BCUT2D eigenvalue weighted by Crippen LogP contribution is 2.46. The van der Waals surface area contributed by atoms with Crippen molar-refractivity contribution in [2.45, 2.75) is 133 Å². The van der Waals surface area contributed by atoms with Gasteiger partial charge in [0.05, 0.1) is 32.3 Å². The van der Waals surface area contributed by atoms with Gasteiger partial charge in [-0.1, -0.05) is 27.7 Å². The standard InChI is InChI=1S/C24H40O9/c1-6-23(7-2)28-13-16(31-23)18(26)20-22-21(32-24(8-3,9-4)33-22)19-15(30-20)11-10-14(29-19)12-17(25)27-5/h14-16,18-22,26H,6-13H2,1-5H3/t14-,15+,16-,18-,19+,20+,21+,22-/m1/s1. The third-order valence-electron chi connectivity index (χ3n) is 7.87. The van der Waals surface area contributed by atoms with Gasteiger partial charge in [-0.05, 0) is 38.5 Å². The van der Waals surface area contributed by atoms with Gasteiger partial charge in [0.25, 0.3) is 0 Å². The zero-order valence-electron chi connectivity index (χ0n) is 20.5. The van der Waals surface area contributed by atoms with E-state index in [4.69, 9.17) is 33.2 Å². The van der Waals surface area contributed by atoms with Gasteiger partial charge in [-0.2, -0.15) is 0 Å². The molecule has 0 unspecified atom stereocenters. The van der Waals surface area contributed by atoms with E-state index in [1.165, 1.54) is 7.11 Å². The second kappa shape index (κ2) is 10.0. The van der Waals surface area contributed by atoms with Gasteiger partial charge in [-0.25, -0.2) is 0 Å². The Bertz CT molecular complexity index is 677. The van der Waals surface area contributed by atoms with Gasteiger partial charge in [-0.3, -0.25) is 4.79 Å². The van der Waals surface area contributed by atoms with Crippen LogP contribution in [0.3, 0.4) is 0 Å². The summed E-state index contributed by atoms with van der Waals surface area (Å²) >= 11 is 0. The fraction of sp³-hybridized carbons (Fsp3) is 0.958. The molecular weight excluding hydrogens is 432 g/mol. The fourth-order valence-corrected chi connectivity index (χ4v) is 5.63. The molecule has 0 aliphatic carbocycles. The Balaban J connectivity index is 1.54. The highest BCUT2D eigenvalue weighted by atomic mass is 16.8. The zero-order chi connectivity index (χ0) is 23.8. The second-order valence-electron chi connectivity index (χ2n) is 9.58. The Kier molecular flexibility index (Phi) is 7.70. The molecule has 0 amide bonds. The molecule has 33 heavy (non-hydrogen) atoms. The summed E-state index contributed by atoms with van der Waals surface area (Å²) in [5.41, 5.74) is 0. The number of hydrogen-bond acceptors (Lipinski definition) is 9. The van der Waals surface area contributed by atoms with E-state index in [9.17, 15) is 9.90 Å². The molecule has 0 aromatic carbocycles. The number of carbonyl (C=O) groups is 1. The van der Waals surface area contributed by atoms with Crippen molar-refractivity contribution in [1.29, 1.82) is 0 Å². The SMILES string of the molecule is CCC1(CC)O[C@@H]2[C@H](O1)[C@H]([C@H](O)[C@H]1COC(CC)(CC)O1)O[C@H]1CC[C@H](CC(=O)OC)O[C@H]21. The van der Waals surface area contributed by atoms with E-state index in [1.54, 1.807) is 0 Å². The van der Waals surface area contributed by atoms with Crippen molar-refractivity contribution in [1.82, 2.24) is 0 Å². The molecule has 4 aliphatic rings. The zero-order valence-corrected chi connectivity index (χ0v) is 20.5. The molecule has 4 saturated heterocycles. The van der Waals surface area contributed by atoms with E-state index in [0.717, 1.165) is 0 Å². The average molecular weight is 473 g/mol. The van der Waals surface area contributed by atoms with Gasteiger partial charge in [0, 0.05) is 0 Å². The van der Waals surface area contributed by atoms with E-state index in [0.29, 0.717) is 45.1 Å². The topological polar surface area (TPSA) is 102 Å². The first kappa shape index (κ1) is 25.3. The molecule has 4 rings (SSSR count). The van der Waals surface area contributed by atoms with Gasteiger partial charge in [0.15, 0.2) is 11.6 Å². The first-order valence-electron chi connectivity index (χ1n) is 12.6. The van der Waals surface area contributed by atoms with Crippen LogP contribution >= 0.6 is 0 Å².